The van der Waals surface area contributed by atoms with Crippen LogP contribution in [0.25, 0.3) is 0 Å². The zero-order valence-corrected chi connectivity index (χ0v) is 19.0. The maximum absolute atomic E-state index is 5.55. The molecule has 1 N–H and O–H groups in total. The summed E-state index contributed by atoms with van der Waals surface area (Å²) in [6, 6.07) is 12.3. The SMILES string of the molecule is CN=C(NCC(c1ccco1)N(C)C)N(C)Cc1ccccc1Br.I. The summed E-state index contributed by atoms with van der Waals surface area (Å²) in [4.78, 5) is 8.63. The van der Waals surface area contributed by atoms with Gasteiger partial charge < -0.3 is 14.6 Å². The van der Waals surface area contributed by atoms with Gasteiger partial charge in [-0.25, -0.2) is 0 Å². The van der Waals surface area contributed by atoms with E-state index in [1.165, 1.54) is 5.56 Å². The van der Waals surface area contributed by atoms with Gasteiger partial charge >= 0.3 is 0 Å². The van der Waals surface area contributed by atoms with Crippen LogP contribution in [0.15, 0.2) is 56.5 Å². The summed E-state index contributed by atoms with van der Waals surface area (Å²) in [5.41, 5.74) is 1.22. The molecule has 0 saturated heterocycles. The van der Waals surface area contributed by atoms with Crippen LogP contribution in [0, 0.1) is 0 Å². The molecular weight excluding hydrogens is 495 g/mol. The number of hydrogen-bond donors (Lipinski definition) is 1. The Kier molecular flexibility index (Phi) is 9.52. The van der Waals surface area contributed by atoms with Crippen LogP contribution in [-0.2, 0) is 6.54 Å². The molecule has 0 spiro atoms. The maximum Gasteiger partial charge on any atom is 0.193 e. The number of furan rings is 1. The third-order valence-corrected chi connectivity index (χ3v) is 4.66. The van der Waals surface area contributed by atoms with Crippen molar-refractivity contribution in [2.24, 2.45) is 4.99 Å². The van der Waals surface area contributed by atoms with Crippen molar-refractivity contribution in [3.05, 3.63) is 58.5 Å². The van der Waals surface area contributed by atoms with Crippen LogP contribution in [0.4, 0.5) is 0 Å². The van der Waals surface area contributed by atoms with E-state index in [4.69, 9.17) is 4.42 Å². The molecule has 0 bridgehead atoms. The molecule has 138 valence electrons. The van der Waals surface area contributed by atoms with E-state index in [0.717, 1.165) is 22.7 Å². The highest BCUT2D eigenvalue weighted by Crippen LogP contribution is 2.19. The summed E-state index contributed by atoms with van der Waals surface area (Å²) in [5, 5.41) is 3.44. The molecule has 2 rings (SSSR count). The van der Waals surface area contributed by atoms with Crippen LogP contribution >= 0.6 is 39.9 Å². The number of aliphatic imine (C=N–C) groups is 1. The van der Waals surface area contributed by atoms with E-state index >= 15 is 0 Å². The molecule has 0 aliphatic heterocycles. The number of nitrogens with zero attached hydrogens (tertiary/aromatic N) is 3. The van der Waals surface area contributed by atoms with Crippen molar-refractivity contribution in [1.82, 2.24) is 15.1 Å². The lowest BCUT2D eigenvalue weighted by Gasteiger charge is -2.27. The molecule has 1 atom stereocenters. The molecule has 0 fully saturated rings. The Labute approximate surface area is 175 Å². The van der Waals surface area contributed by atoms with Gasteiger partial charge in [0.2, 0.25) is 0 Å². The van der Waals surface area contributed by atoms with Crippen LogP contribution in [0.2, 0.25) is 0 Å². The van der Waals surface area contributed by atoms with Gasteiger partial charge in [-0.3, -0.25) is 9.89 Å². The van der Waals surface area contributed by atoms with E-state index in [-0.39, 0.29) is 30.0 Å². The monoisotopic (exact) mass is 520 g/mol. The highest BCUT2D eigenvalue weighted by molar-refractivity contribution is 14.0. The second-order valence-corrected chi connectivity index (χ2v) is 6.72. The predicted octanol–water partition coefficient (Wildman–Crippen LogP) is 3.97. The Morgan fingerprint density at radius 2 is 1.92 bits per heavy atom. The molecule has 7 heteroatoms. The molecular formula is C18H26BrIN4O. The van der Waals surface area contributed by atoms with Gasteiger partial charge in [-0.2, -0.15) is 0 Å². The van der Waals surface area contributed by atoms with E-state index in [0.29, 0.717) is 6.54 Å². The van der Waals surface area contributed by atoms with Crippen molar-refractivity contribution in [3.8, 4) is 0 Å². The second kappa shape index (κ2) is 10.8. The molecule has 1 unspecified atom stereocenters. The number of halogens is 2. The minimum Gasteiger partial charge on any atom is -0.468 e. The molecule has 1 heterocycles. The summed E-state index contributed by atoms with van der Waals surface area (Å²) in [6.07, 6.45) is 1.71. The topological polar surface area (TPSA) is 44.0 Å². The first-order valence-electron chi connectivity index (χ1n) is 7.88. The summed E-state index contributed by atoms with van der Waals surface area (Å²) in [6.45, 7) is 1.49. The normalized spacial score (nSPS) is 12.6. The molecule has 1 aromatic heterocycles. The highest BCUT2D eigenvalue weighted by atomic mass is 127. The van der Waals surface area contributed by atoms with Crippen molar-refractivity contribution in [2.45, 2.75) is 12.6 Å². The summed E-state index contributed by atoms with van der Waals surface area (Å²) < 4.78 is 6.66. The van der Waals surface area contributed by atoms with Gasteiger partial charge in [-0.15, -0.1) is 24.0 Å². The van der Waals surface area contributed by atoms with Gasteiger partial charge in [0, 0.05) is 31.7 Å². The zero-order valence-electron chi connectivity index (χ0n) is 15.1. The van der Waals surface area contributed by atoms with Gasteiger partial charge in [0.15, 0.2) is 5.96 Å². The molecule has 0 saturated carbocycles. The number of benzene rings is 1. The van der Waals surface area contributed by atoms with E-state index in [1.807, 2.05) is 45.4 Å². The smallest absolute Gasteiger partial charge is 0.193 e. The largest absolute Gasteiger partial charge is 0.468 e. The van der Waals surface area contributed by atoms with E-state index in [9.17, 15) is 0 Å². The van der Waals surface area contributed by atoms with Crippen molar-refractivity contribution >= 4 is 45.9 Å². The third-order valence-electron chi connectivity index (χ3n) is 3.89. The first-order chi connectivity index (χ1) is 11.5. The molecule has 0 aliphatic carbocycles. The fraction of sp³-hybridized carbons (Fsp3) is 0.389. The number of guanidine groups is 1. The standard InChI is InChI=1S/C18H25BrN4O.HI/c1-20-18(23(4)13-14-8-5-6-9-15(14)19)21-12-16(22(2)3)17-10-7-11-24-17;/h5-11,16H,12-13H2,1-4H3,(H,20,21);1H. The lowest BCUT2D eigenvalue weighted by Crippen LogP contribution is -2.42. The zero-order chi connectivity index (χ0) is 17.5. The molecule has 2 aromatic rings. The predicted molar refractivity (Wildman–Crippen MR) is 118 cm³/mol. The summed E-state index contributed by atoms with van der Waals surface area (Å²) in [7, 11) is 7.92. The number of hydrogen-bond acceptors (Lipinski definition) is 3. The van der Waals surface area contributed by atoms with Crippen molar-refractivity contribution in [1.29, 1.82) is 0 Å². The van der Waals surface area contributed by atoms with Crippen molar-refractivity contribution in [2.75, 3.05) is 34.7 Å². The van der Waals surface area contributed by atoms with Crippen LogP contribution in [0.1, 0.15) is 17.4 Å². The van der Waals surface area contributed by atoms with E-state index in [2.05, 4.69) is 48.2 Å². The van der Waals surface area contributed by atoms with Crippen LogP contribution in [0.3, 0.4) is 0 Å². The first-order valence-corrected chi connectivity index (χ1v) is 8.67. The Morgan fingerprint density at radius 1 is 1.20 bits per heavy atom. The average molecular weight is 521 g/mol. The third kappa shape index (κ3) is 6.31. The highest BCUT2D eigenvalue weighted by Gasteiger charge is 2.18. The van der Waals surface area contributed by atoms with Gasteiger partial charge in [0.05, 0.1) is 12.3 Å². The lowest BCUT2D eigenvalue weighted by atomic mass is 10.2. The number of rotatable bonds is 6. The maximum atomic E-state index is 5.55. The molecule has 5 nitrogen and oxygen atoms in total. The van der Waals surface area contributed by atoms with E-state index < -0.39 is 0 Å². The summed E-state index contributed by atoms with van der Waals surface area (Å²) >= 11 is 3.60. The second-order valence-electron chi connectivity index (χ2n) is 5.87. The van der Waals surface area contributed by atoms with Crippen LogP contribution < -0.4 is 5.32 Å². The first kappa shape index (κ1) is 22.0. The Bertz CT molecular complexity index is 661. The fourth-order valence-corrected chi connectivity index (χ4v) is 2.96. The Morgan fingerprint density at radius 3 is 2.48 bits per heavy atom. The minimum absolute atomic E-state index is 0. The number of nitrogens with one attached hydrogen (secondary N) is 1. The van der Waals surface area contributed by atoms with Gasteiger partial charge in [-0.05, 0) is 37.9 Å². The minimum atomic E-state index is 0. The summed E-state index contributed by atoms with van der Waals surface area (Å²) in [5.74, 6) is 1.79. The van der Waals surface area contributed by atoms with Crippen LogP contribution in [-0.4, -0.2) is 50.5 Å². The lowest BCUT2D eigenvalue weighted by molar-refractivity contribution is 0.256. The molecule has 0 aliphatic rings. The van der Waals surface area contributed by atoms with E-state index in [1.54, 1.807) is 13.3 Å². The van der Waals surface area contributed by atoms with Gasteiger partial charge in [0.25, 0.3) is 0 Å². The van der Waals surface area contributed by atoms with Gasteiger partial charge in [0.1, 0.15) is 5.76 Å². The molecule has 0 radical (unpaired) electrons. The fourth-order valence-electron chi connectivity index (χ4n) is 2.55. The van der Waals surface area contributed by atoms with Gasteiger partial charge in [-0.1, -0.05) is 34.1 Å². The number of likely N-dealkylation sites (N-methyl/N-ethyl adjacent to an activating group) is 1. The molecule has 25 heavy (non-hydrogen) atoms. The van der Waals surface area contributed by atoms with Crippen molar-refractivity contribution in [3.63, 3.8) is 0 Å². The quantitative estimate of drug-likeness (QED) is 0.355. The van der Waals surface area contributed by atoms with Crippen LogP contribution in [0.5, 0.6) is 0 Å². The Balaban J connectivity index is 0.00000312. The Hall–Kier alpha value is -1.06. The molecule has 1 aromatic carbocycles. The van der Waals surface area contributed by atoms with Crippen molar-refractivity contribution < 1.29 is 4.42 Å². The molecule has 0 amide bonds. The average Bonchev–Trinajstić information content (AvgIpc) is 3.07.